The number of nitrogens with zero attached hydrogens (tertiary/aromatic N) is 3. The highest BCUT2D eigenvalue weighted by Crippen LogP contribution is 2.30. The molecule has 0 spiro atoms. The predicted octanol–water partition coefficient (Wildman–Crippen LogP) is 1.62. The largest absolute Gasteiger partial charge is 0.486 e. The highest BCUT2D eigenvalue weighted by atomic mass is 16.6. The van der Waals surface area contributed by atoms with Crippen LogP contribution in [0.25, 0.3) is 21.8 Å². The van der Waals surface area contributed by atoms with Crippen molar-refractivity contribution >= 4 is 27.7 Å². The molecule has 4 heterocycles. The molecule has 31 heavy (non-hydrogen) atoms. The van der Waals surface area contributed by atoms with Gasteiger partial charge in [0.25, 0.3) is 11.1 Å². The second kappa shape index (κ2) is 7.28. The van der Waals surface area contributed by atoms with Crippen molar-refractivity contribution in [2.75, 3.05) is 18.6 Å². The summed E-state index contributed by atoms with van der Waals surface area (Å²) in [4.78, 5) is 41.6. The van der Waals surface area contributed by atoms with Gasteiger partial charge < -0.3 is 14.0 Å². The van der Waals surface area contributed by atoms with E-state index in [4.69, 9.17) is 9.47 Å². The predicted molar refractivity (Wildman–Crippen MR) is 114 cm³/mol. The van der Waals surface area contributed by atoms with E-state index in [2.05, 4.69) is 10.4 Å². The molecule has 0 unspecified atom stereocenters. The van der Waals surface area contributed by atoms with Gasteiger partial charge in [0.05, 0.1) is 28.4 Å². The Morgan fingerprint density at radius 2 is 1.68 bits per heavy atom. The first kappa shape index (κ1) is 18.9. The number of carbonyl (C=O) groups is 1. The second-order valence-corrected chi connectivity index (χ2v) is 7.24. The molecule has 4 aromatic rings. The maximum atomic E-state index is 13.1. The van der Waals surface area contributed by atoms with Crippen molar-refractivity contribution in [1.29, 1.82) is 0 Å². The summed E-state index contributed by atoms with van der Waals surface area (Å²) in [7, 11) is 0. The minimum absolute atomic E-state index is 0.248. The number of ether oxygens (including phenoxy) is 2. The molecule has 9 heteroatoms. The number of nitrogens with one attached hydrogen (secondary N) is 1. The van der Waals surface area contributed by atoms with Gasteiger partial charge in [-0.15, -0.1) is 0 Å². The molecule has 0 saturated heterocycles. The van der Waals surface area contributed by atoms with Crippen molar-refractivity contribution in [3.05, 3.63) is 75.1 Å². The van der Waals surface area contributed by atoms with Crippen LogP contribution < -0.4 is 26.0 Å². The maximum absolute atomic E-state index is 13.1. The summed E-state index contributed by atoms with van der Waals surface area (Å²) in [6.45, 7) is 2.64. The van der Waals surface area contributed by atoms with Crippen LogP contribution in [0.5, 0.6) is 11.5 Å². The summed E-state index contributed by atoms with van der Waals surface area (Å²) in [5.74, 6) is 0.965. The molecular formula is C22H18N4O5. The van der Waals surface area contributed by atoms with Crippen molar-refractivity contribution in [3.63, 3.8) is 0 Å². The van der Waals surface area contributed by atoms with Crippen LogP contribution in [0, 0.1) is 0 Å². The minimum atomic E-state index is -0.455. The molecule has 1 amide bonds. The third-order valence-corrected chi connectivity index (χ3v) is 5.05. The van der Waals surface area contributed by atoms with E-state index < -0.39 is 5.56 Å². The number of pyridine rings is 3. The zero-order valence-corrected chi connectivity index (χ0v) is 16.6. The molecule has 1 aliphatic rings. The van der Waals surface area contributed by atoms with Crippen LogP contribution in [0.15, 0.2) is 58.4 Å². The van der Waals surface area contributed by atoms with Crippen molar-refractivity contribution in [1.82, 2.24) is 14.2 Å². The van der Waals surface area contributed by atoms with Gasteiger partial charge in [-0.1, -0.05) is 6.07 Å². The SMILES string of the molecule is CC(=O)Nn1ccc2nc3ccn(Cc4ccc5c(c4)OCCO5)c(=O)c3cc2c1=O. The quantitative estimate of drug-likeness (QED) is 0.507. The van der Waals surface area contributed by atoms with Crippen LogP contribution in [0.2, 0.25) is 0 Å². The number of amides is 1. The Morgan fingerprint density at radius 3 is 2.45 bits per heavy atom. The Kier molecular flexibility index (Phi) is 4.43. The molecule has 0 fully saturated rings. The third-order valence-electron chi connectivity index (χ3n) is 5.05. The molecule has 1 aliphatic heterocycles. The summed E-state index contributed by atoms with van der Waals surface area (Å²) >= 11 is 0. The van der Waals surface area contributed by atoms with Gasteiger partial charge in [0.1, 0.15) is 13.2 Å². The molecule has 5 rings (SSSR count). The lowest BCUT2D eigenvalue weighted by Crippen LogP contribution is -2.31. The molecule has 1 aromatic carbocycles. The van der Waals surface area contributed by atoms with Crippen LogP contribution in [0.1, 0.15) is 12.5 Å². The summed E-state index contributed by atoms with van der Waals surface area (Å²) in [5.41, 5.74) is 3.53. The van der Waals surface area contributed by atoms with E-state index in [9.17, 15) is 14.4 Å². The first-order valence-corrected chi connectivity index (χ1v) is 9.71. The number of benzene rings is 1. The van der Waals surface area contributed by atoms with Crippen LogP contribution >= 0.6 is 0 Å². The van der Waals surface area contributed by atoms with Crippen molar-refractivity contribution in [2.24, 2.45) is 0 Å². The van der Waals surface area contributed by atoms with Gasteiger partial charge in [0.15, 0.2) is 11.5 Å². The van der Waals surface area contributed by atoms with Crippen molar-refractivity contribution < 1.29 is 14.3 Å². The number of fused-ring (bicyclic) bond motifs is 3. The van der Waals surface area contributed by atoms with Gasteiger partial charge in [0.2, 0.25) is 5.91 Å². The first-order chi connectivity index (χ1) is 15.0. The maximum Gasteiger partial charge on any atom is 0.278 e. The van der Waals surface area contributed by atoms with Gasteiger partial charge in [-0.25, -0.2) is 9.66 Å². The monoisotopic (exact) mass is 418 g/mol. The van der Waals surface area contributed by atoms with E-state index in [1.54, 1.807) is 22.9 Å². The lowest BCUT2D eigenvalue weighted by molar-refractivity contribution is -0.115. The Bertz CT molecular complexity index is 1470. The van der Waals surface area contributed by atoms with Crippen molar-refractivity contribution in [3.8, 4) is 11.5 Å². The number of aromatic nitrogens is 3. The van der Waals surface area contributed by atoms with Crippen molar-refractivity contribution in [2.45, 2.75) is 13.5 Å². The smallest absolute Gasteiger partial charge is 0.278 e. The van der Waals surface area contributed by atoms with Gasteiger partial charge in [-0.3, -0.25) is 19.8 Å². The molecule has 0 saturated carbocycles. The Hall–Kier alpha value is -4.14. The lowest BCUT2D eigenvalue weighted by atomic mass is 10.1. The van der Waals surface area contributed by atoms with Crippen LogP contribution in [0.3, 0.4) is 0 Å². The Morgan fingerprint density at radius 1 is 0.968 bits per heavy atom. The standard InChI is InChI=1S/C22H18N4O5/c1-13(27)24-26-7-5-18-16(22(26)29)11-15-17(23-18)4-6-25(21(15)28)12-14-2-3-19-20(10-14)31-9-8-30-19/h2-7,10-11H,8-9,12H2,1H3,(H,24,27). The van der Waals surface area contributed by atoms with E-state index in [1.165, 1.54) is 19.2 Å². The topological polar surface area (TPSA) is 104 Å². The van der Waals surface area contributed by atoms with Gasteiger partial charge in [-0.05, 0) is 35.9 Å². The summed E-state index contributed by atoms with van der Waals surface area (Å²) in [5, 5.41) is 0.572. The zero-order valence-electron chi connectivity index (χ0n) is 16.6. The number of hydrogen-bond donors (Lipinski definition) is 1. The van der Waals surface area contributed by atoms with Gasteiger partial charge >= 0.3 is 0 Å². The van der Waals surface area contributed by atoms with Crippen LogP contribution in [-0.2, 0) is 11.3 Å². The minimum Gasteiger partial charge on any atom is -0.486 e. The van der Waals surface area contributed by atoms with Gasteiger partial charge in [-0.2, -0.15) is 0 Å². The Balaban J connectivity index is 1.58. The fraction of sp³-hybridized carbons (Fsp3) is 0.182. The molecule has 0 bridgehead atoms. The van der Waals surface area contributed by atoms with E-state index in [-0.39, 0.29) is 16.9 Å². The second-order valence-electron chi connectivity index (χ2n) is 7.24. The van der Waals surface area contributed by atoms with E-state index in [0.717, 1.165) is 10.2 Å². The number of hydrogen-bond acceptors (Lipinski definition) is 6. The molecule has 156 valence electrons. The van der Waals surface area contributed by atoms with E-state index in [0.29, 0.717) is 47.7 Å². The molecular weight excluding hydrogens is 400 g/mol. The molecule has 0 radical (unpaired) electrons. The number of carbonyl (C=O) groups excluding carboxylic acids is 1. The zero-order chi connectivity index (χ0) is 21.5. The summed E-state index contributed by atoms with van der Waals surface area (Å²) in [6.07, 6.45) is 3.12. The molecule has 3 aromatic heterocycles. The molecule has 9 nitrogen and oxygen atoms in total. The summed E-state index contributed by atoms with van der Waals surface area (Å²) in [6, 6.07) is 10.5. The van der Waals surface area contributed by atoms with E-state index in [1.807, 2.05) is 18.2 Å². The average Bonchev–Trinajstić information content (AvgIpc) is 2.77. The highest BCUT2D eigenvalue weighted by molar-refractivity contribution is 5.92. The highest BCUT2D eigenvalue weighted by Gasteiger charge is 2.14. The molecule has 0 atom stereocenters. The fourth-order valence-electron chi connectivity index (χ4n) is 3.63. The third kappa shape index (κ3) is 3.39. The lowest BCUT2D eigenvalue weighted by Gasteiger charge is -2.19. The molecule has 1 N–H and O–H groups in total. The van der Waals surface area contributed by atoms with Gasteiger partial charge in [0, 0.05) is 19.3 Å². The fourth-order valence-corrected chi connectivity index (χ4v) is 3.63. The average molecular weight is 418 g/mol. The van der Waals surface area contributed by atoms with Crippen LogP contribution in [-0.4, -0.2) is 33.3 Å². The molecule has 0 aliphatic carbocycles. The summed E-state index contributed by atoms with van der Waals surface area (Å²) < 4.78 is 13.8. The van der Waals surface area contributed by atoms with Crippen LogP contribution in [0.4, 0.5) is 0 Å². The first-order valence-electron chi connectivity index (χ1n) is 9.71. The normalized spacial score (nSPS) is 12.8. The number of rotatable bonds is 3. The van der Waals surface area contributed by atoms with E-state index >= 15 is 0 Å². The Labute approximate surface area is 175 Å².